The van der Waals surface area contributed by atoms with Crippen molar-refractivity contribution in [2.75, 3.05) is 0 Å². The zero-order chi connectivity index (χ0) is 49.8. The molecule has 0 aromatic heterocycles. The third-order valence-electron chi connectivity index (χ3n) is 9.65. The Kier molecular flexibility index (Phi) is 28.1. The van der Waals surface area contributed by atoms with Gasteiger partial charge in [-0.25, -0.2) is 0 Å². The summed E-state index contributed by atoms with van der Waals surface area (Å²) < 4.78 is 0. The van der Waals surface area contributed by atoms with Gasteiger partial charge in [0.15, 0.2) is 0 Å². The van der Waals surface area contributed by atoms with E-state index in [4.69, 9.17) is 40.9 Å². The summed E-state index contributed by atoms with van der Waals surface area (Å²) in [4.78, 5) is 92.6. The van der Waals surface area contributed by atoms with Crippen LogP contribution in [0.4, 0.5) is 0 Å². The fraction of sp³-hybridized carbons (Fsp3) is 0.727. The maximum atomic E-state index is 11.6. The van der Waals surface area contributed by atoms with E-state index in [0.29, 0.717) is 0 Å². The van der Waals surface area contributed by atoms with Crippen LogP contribution in [-0.4, -0.2) is 87.1 Å². The molecule has 0 aromatic rings. The molecule has 0 radical (unpaired) electrons. The molecule has 0 aliphatic carbocycles. The van der Waals surface area contributed by atoms with Crippen LogP contribution in [0.2, 0.25) is 0 Å². The van der Waals surface area contributed by atoms with Crippen LogP contribution in [0, 0.1) is 68.5 Å². The number of aliphatic hydroxyl groups is 8. The third kappa shape index (κ3) is 24.4. The minimum absolute atomic E-state index is 0. The number of carbonyl (C=O) groups is 8. The van der Waals surface area contributed by atoms with Crippen molar-refractivity contribution in [2.45, 2.75) is 164 Å². The van der Waals surface area contributed by atoms with Crippen molar-refractivity contribution in [3.63, 3.8) is 0 Å². The summed E-state index contributed by atoms with van der Waals surface area (Å²) in [6.07, 6.45) is -4.91. The summed E-state index contributed by atoms with van der Waals surface area (Å²) in [7, 11) is 0. The number of hydrogen-bond donors (Lipinski definition) is 8. The van der Waals surface area contributed by atoms with Gasteiger partial charge in [0.05, 0.1) is 25.7 Å². The molecule has 17 heteroatoms. The van der Waals surface area contributed by atoms with Gasteiger partial charge in [-0.05, 0) is 0 Å². The van der Waals surface area contributed by atoms with E-state index in [-0.39, 0.29) is 70.5 Å². The van der Waals surface area contributed by atoms with Crippen molar-refractivity contribution < 1.29 is 101 Å². The van der Waals surface area contributed by atoms with Crippen molar-refractivity contribution in [2.24, 2.45) is 43.3 Å². The molecule has 0 saturated heterocycles. The molecule has 352 valence electrons. The van der Waals surface area contributed by atoms with Crippen LogP contribution in [0.25, 0.3) is 0 Å². The molecule has 8 N–H and O–H groups in total. The van der Waals surface area contributed by atoms with Crippen LogP contribution in [0.5, 0.6) is 0 Å². The fourth-order valence-corrected chi connectivity index (χ4v) is 3.03. The van der Waals surface area contributed by atoms with Gasteiger partial charge < -0.3 is 60.0 Å². The first kappa shape index (κ1) is 67.8. The zero-order valence-corrected chi connectivity index (χ0v) is 41.7. The Morgan fingerprint density at radius 3 is 0.426 bits per heavy atom. The van der Waals surface area contributed by atoms with Crippen molar-refractivity contribution in [3.05, 3.63) is 25.2 Å². The molecular formula is C44H76O16Ti. The van der Waals surface area contributed by atoms with Gasteiger partial charge in [-0.2, -0.15) is 0 Å². The smallest absolute Gasteiger partial charge is 0.535 e. The summed E-state index contributed by atoms with van der Waals surface area (Å²) >= 11 is 0. The molecule has 0 aromatic carbocycles. The van der Waals surface area contributed by atoms with Gasteiger partial charge in [0, 0.05) is 21.7 Å². The van der Waals surface area contributed by atoms with E-state index in [9.17, 15) is 38.4 Å². The molecule has 0 spiro atoms. The summed E-state index contributed by atoms with van der Waals surface area (Å²) in [5.74, 6) is -2.76. The zero-order valence-electron chi connectivity index (χ0n) is 40.2. The molecule has 0 saturated carbocycles. The largest absolute Gasteiger partial charge is 4.00 e. The quantitative estimate of drug-likeness (QED) is 0.0428. The van der Waals surface area contributed by atoms with Crippen LogP contribution >= 0.6 is 0 Å². The molecular weight excluding hydrogens is 832 g/mol. The SMILES string of the molecule is CC(C)(C)C(=O)CC(=O)C(C)(C)[C-](O)O.CC(C)(C)C(=O)CC(=O)C(C)(C)[C-](O)O.CC(C)(C)C(=O)CC(=O)C(C)(C)[C-](O)O.CC(C)(C)C(=O)CC(=O)C(C)(C)[C-](O)O.[Ti+4]. The van der Waals surface area contributed by atoms with E-state index in [1.54, 1.807) is 83.1 Å². The number of hydrogen-bond acceptors (Lipinski definition) is 16. The number of aliphatic hydroxyl groups excluding tert-OH is 4. The maximum Gasteiger partial charge on any atom is 4.00 e. The molecule has 61 heavy (non-hydrogen) atoms. The number of Topliss-reactive ketones (excluding diaryl/α,β-unsaturated/α-hetero) is 8. The Hall–Kier alpha value is -2.25. The van der Waals surface area contributed by atoms with Crippen LogP contribution in [0.1, 0.15) is 164 Å². The topological polar surface area (TPSA) is 298 Å². The normalized spacial score (nSPS) is 12.9. The van der Waals surface area contributed by atoms with Gasteiger partial charge in [0.25, 0.3) is 0 Å². The monoisotopic (exact) mass is 908 g/mol. The van der Waals surface area contributed by atoms with Crippen molar-refractivity contribution in [3.8, 4) is 0 Å². The summed E-state index contributed by atoms with van der Waals surface area (Å²) in [6, 6.07) is 0. The Bertz CT molecular complexity index is 1260. The molecule has 0 amide bonds. The van der Waals surface area contributed by atoms with Gasteiger partial charge >= 0.3 is 21.7 Å². The summed E-state index contributed by atoms with van der Waals surface area (Å²) in [6.45, 7) is 31.6. The van der Waals surface area contributed by atoms with E-state index in [1.165, 1.54) is 55.4 Å². The number of rotatable bonds is 16. The van der Waals surface area contributed by atoms with E-state index in [2.05, 4.69) is 0 Å². The second-order valence-electron chi connectivity index (χ2n) is 20.9. The van der Waals surface area contributed by atoms with Crippen molar-refractivity contribution in [1.29, 1.82) is 0 Å². The van der Waals surface area contributed by atoms with E-state index >= 15 is 0 Å². The van der Waals surface area contributed by atoms with Gasteiger partial charge in [0.1, 0.15) is 46.3 Å². The van der Waals surface area contributed by atoms with Crippen molar-refractivity contribution in [1.82, 2.24) is 0 Å². The molecule has 0 bridgehead atoms. The van der Waals surface area contributed by atoms with Crippen molar-refractivity contribution >= 4 is 46.3 Å². The Labute approximate surface area is 378 Å². The average Bonchev–Trinajstić information content (AvgIpc) is 3.03. The molecule has 0 aliphatic rings. The van der Waals surface area contributed by atoms with Crippen LogP contribution in [-0.2, 0) is 60.1 Å². The van der Waals surface area contributed by atoms with Gasteiger partial charge in [0.2, 0.25) is 0 Å². The standard InChI is InChI=1S/4C11H19O4.Ti/c4*1-10(2,3)7(12)6-8(13)11(4,5)9(14)15;/h4*14-15H,6H2,1-5H3;/q4*-1;+4. The predicted octanol–water partition coefficient (Wildman–Crippen LogP) is 7.28. The van der Waals surface area contributed by atoms with Crippen LogP contribution < -0.4 is 0 Å². The molecule has 0 unspecified atom stereocenters. The van der Waals surface area contributed by atoms with Gasteiger partial charge in [-0.1, -0.05) is 185 Å². The van der Waals surface area contributed by atoms with E-state index in [0.717, 1.165) is 0 Å². The second-order valence-corrected chi connectivity index (χ2v) is 20.9. The Morgan fingerprint density at radius 2 is 0.361 bits per heavy atom. The summed E-state index contributed by atoms with van der Waals surface area (Å²) in [5.41, 5.74) is -7.84. The molecule has 0 atom stereocenters. The number of ketones is 8. The van der Waals surface area contributed by atoms with Crippen LogP contribution in [0.15, 0.2) is 0 Å². The average molecular weight is 909 g/mol. The number of carbonyl (C=O) groups excluding carboxylic acids is 8. The second kappa shape index (κ2) is 25.3. The van der Waals surface area contributed by atoms with E-state index in [1.807, 2.05) is 0 Å². The van der Waals surface area contributed by atoms with Crippen LogP contribution in [0.3, 0.4) is 0 Å². The minimum Gasteiger partial charge on any atom is -0.535 e. The Morgan fingerprint density at radius 1 is 0.262 bits per heavy atom. The summed E-state index contributed by atoms with van der Waals surface area (Å²) in [5, 5.41) is 71.3. The third-order valence-corrected chi connectivity index (χ3v) is 9.65. The van der Waals surface area contributed by atoms with Gasteiger partial charge in [-0.15, -0.1) is 0 Å². The fourth-order valence-electron chi connectivity index (χ4n) is 3.03. The molecule has 0 aliphatic heterocycles. The first-order valence-electron chi connectivity index (χ1n) is 19.3. The predicted molar refractivity (Wildman–Crippen MR) is 220 cm³/mol. The minimum atomic E-state index is -1.37. The first-order valence-corrected chi connectivity index (χ1v) is 19.3. The molecule has 16 nitrogen and oxygen atoms in total. The molecule has 0 fully saturated rings. The van der Waals surface area contributed by atoms with Gasteiger partial charge in [-0.3, -0.25) is 19.2 Å². The molecule has 0 rings (SSSR count). The Balaban J connectivity index is -0.000000227. The first-order chi connectivity index (χ1) is 26.0. The maximum absolute atomic E-state index is 11.6. The molecule has 0 heterocycles. The van der Waals surface area contributed by atoms with E-state index < -0.39 is 91.6 Å².